The van der Waals surface area contributed by atoms with Gasteiger partial charge in [-0.15, -0.1) is 0 Å². The van der Waals surface area contributed by atoms with E-state index in [1.807, 2.05) is 6.08 Å². The van der Waals surface area contributed by atoms with Crippen LogP contribution in [0.3, 0.4) is 0 Å². The number of carbonyl (C=O) groups is 1. The highest BCUT2D eigenvalue weighted by Gasteiger charge is 2.26. The van der Waals surface area contributed by atoms with Crippen LogP contribution in [-0.2, 0) is 25.1 Å². The molecule has 1 unspecified atom stereocenters. The lowest BCUT2D eigenvalue weighted by atomic mass is 10.1. The smallest absolute Gasteiger partial charge is 0.268 e. The van der Waals surface area contributed by atoms with Crippen LogP contribution in [0.15, 0.2) is 71.0 Å². The van der Waals surface area contributed by atoms with Gasteiger partial charge in [-0.2, -0.15) is 0 Å². The number of aliphatic hydroxyl groups is 1. The first kappa shape index (κ1) is 24.0. The lowest BCUT2D eigenvalue weighted by molar-refractivity contribution is -0.174. The SMILES string of the molecule is O=C(CS(=O)(=O)Cc1ccco1)NCC=CCOC1(O)C=C(CN2CC=CCC2)C=CN1. The van der Waals surface area contributed by atoms with Gasteiger partial charge in [0.2, 0.25) is 5.91 Å². The van der Waals surface area contributed by atoms with Gasteiger partial charge in [0.1, 0.15) is 17.3 Å². The third kappa shape index (κ3) is 8.12. The third-order valence-corrected chi connectivity index (χ3v) is 6.22. The summed E-state index contributed by atoms with van der Waals surface area (Å²) in [5.74, 6) is -2.84. The summed E-state index contributed by atoms with van der Waals surface area (Å²) in [6.45, 7) is 2.83. The molecule has 3 N–H and O–H groups in total. The van der Waals surface area contributed by atoms with E-state index in [-0.39, 0.29) is 18.9 Å². The Balaban J connectivity index is 1.36. The van der Waals surface area contributed by atoms with Crippen molar-refractivity contribution in [2.24, 2.45) is 0 Å². The highest BCUT2D eigenvalue weighted by Crippen LogP contribution is 2.16. The summed E-state index contributed by atoms with van der Waals surface area (Å²) in [5, 5.41) is 15.9. The molecule has 0 saturated heterocycles. The Morgan fingerprint density at radius 1 is 1.38 bits per heavy atom. The molecule has 0 aliphatic carbocycles. The first-order valence-corrected chi connectivity index (χ1v) is 12.2. The zero-order valence-corrected chi connectivity index (χ0v) is 18.6. The molecule has 0 spiro atoms. The van der Waals surface area contributed by atoms with E-state index < -0.39 is 27.4 Å². The number of nitrogens with zero attached hydrogens (tertiary/aromatic N) is 1. The van der Waals surface area contributed by atoms with Crippen molar-refractivity contribution in [1.29, 1.82) is 0 Å². The normalized spacial score (nSPS) is 21.5. The Morgan fingerprint density at radius 2 is 2.25 bits per heavy atom. The molecule has 9 nitrogen and oxygen atoms in total. The Kier molecular flexibility index (Phi) is 8.46. The van der Waals surface area contributed by atoms with E-state index in [9.17, 15) is 18.3 Å². The maximum absolute atomic E-state index is 12.0. The fourth-order valence-corrected chi connectivity index (χ4v) is 4.50. The second kappa shape index (κ2) is 11.3. The minimum Gasteiger partial charge on any atom is -0.468 e. The number of rotatable bonds is 11. The highest BCUT2D eigenvalue weighted by molar-refractivity contribution is 7.91. The number of furan rings is 1. The maximum Gasteiger partial charge on any atom is 0.268 e. The molecule has 1 aromatic heterocycles. The molecule has 3 rings (SSSR count). The Morgan fingerprint density at radius 3 is 3.00 bits per heavy atom. The average molecular weight is 464 g/mol. The minimum atomic E-state index is -3.61. The summed E-state index contributed by atoms with van der Waals surface area (Å²) in [4.78, 5) is 14.1. The Bertz CT molecular complexity index is 981. The van der Waals surface area contributed by atoms with E-state index >= 15 is 0 Å². The van der Waals surface area contributed by atoms with Gasteiger partial charge in [-0.3, -0.25) is 9.69 Å². The number of hydrogen-bond donors (Lipinski definition) is 3. The van der Waals surface area contributed by atoms with Crippen LogP contribution in [-0.4, -0.2) is 68.8 Å². The molecule has 2 aliphatic rings. The predicted molar refractivity (Wildman–Crippen MR) is 120 cm³/mol. The molecule has 1 amide bonds. The number of sulfone groups is 1. The zero-order valence-electron chi connectivity index (χ0n) is 17.8. The second-order valence-corrected chi connectivity index (χ2v) is 9.65. The summed E-state index contributed by atoms with van der Waals surface area (Å²) < 4.78 is 34.5. The number of amides is 1. The molecule has 0 bridgehead atoms. The molecule has 0 aromatic carbocycles. The van der Waals surface area contributed by atoms with Gasteiger partial charge in [0.05, 0.1) is 12.9 Å². The molecule has 0 fully saturated rings. The van der Waals surface area contributed by atoms with Gasteiger partial charge in [0.15, 0.2) is 9.84 Å². The molecule has 10 heteroatoms. The summed E-state index contributed by atoms with van der Waals surface area (Å²) in [7, 11) is -3.61. The lowest BCUT2D eigenvalue weighted by Crippen LogP contribution is -2.45. The van der Waals surface area contributed by atoms with Crippen LogP contribution < -0.4 is 10.6 Å². The summed E-state index contributed by atoms with van der Waals surface area (Å²) in [6.07, 6.45) is 15.2. The van der Waals surface area contributed by atoms with E-state index in [2.05, 4.69) is 27.7 Å². The van der Waals surface area contributed by atoms with Gasteiger partial charge in [-0.05, 0) is 30.2 Å². The highest BCUT2D eigenvalue weighted by atomic mass is 32.2. The molecule has 0 radical (unpaired) electrons. The second-order valence-electron chi connectivity index (χ2n) is 7.59. The fourth-order valence-electron chi connectivity index (χ4n) is 3.30. The van der Waals surface area contributed by atoms with Crippen LogP contribution in [0.25, 0.3) is 0 Å². The molecule has 2 aliphatic heterocycles. The quantitative estimate of drug-likeness (QED) is 0.326. The van der Waals surface area contributed by atoms with E-state index in [0.29, 0.717) is 5.76 Å². The van der Waals surface area contributed by atoms with Crippen molar-refractivity contribution in [3.05, 3.63) is 72.4 Å². The first-order valence-electron chi connectivity index (χ1n) is 10.4. The van der Waals surface area contributed by atoms with E-state index in [1.54, 1.807) is 36.6 Å². The van der Waals surface area contributed by atoms with Crippen molar-refractivity contribution in [2.75, 3.05) is 38.5 Å². The number of nitrogens with one attached hydrogen (secondary N) is 2. The van der Waals surface area contributed by atoms with Crippen LogP contribution in [0.5, 0.6) is 0 Å². The van der Waals surface area contributed by atoms with Crippen LogP contribution in [0.1, 0.15) is 12.2 Å². The number of carbonyl (C=O) groups excluding carboxylic acids is 1. The van der Waals surface area contributed by atoms with Crippen molar-refractivity contribution < 1.29 is 27.5 Å². The van der Waals surface area contributed by atoms with E-state index in [4.69, 9.17) is 9.15 Å². The lowest BCUT2D eigenvalue weighted by Gasteiger charge is -2.30. The molecule has 32 heavy (non-hydrogen) atoms. The summed E-state index contributed by atoms with van der Waals surface area (Å²) >= 11 is 0. The van der Waals surface area contributed by atoms with E-state index in [1.165, 1.54) is 6.26 Å². The molecular weight excluding hydrogens is 434 g/mol. The van der Waals surface area contributed by atoms with E-state index in [0.717, 1.165) is 31.6 Å². The number of hydrogen-bond acceptors (Lipinski definition) is 8. The molecule has 0 saturated carbocycles. The summed E-state index contributed by atoms with van der Waals surface area (Å²) in [6, 6.07) is 3.14. The standard InChI is InChI=1S/C22H29N3O6S/c26-21(18-32(28,29)17-20-7-6-13-30-20)23-9-2-5-14-31-22(27)15-19(8-10-24-22)16-25-11-3-1-4-12-25/h1-3,5-8,10,13,15,24,27H,4,9,11-12,14,16-18H2,(H,23,26). The number of ether oxygens (including phenoxy) is 1. The largest absolute Gasteiger partial charge is 0.468 e. The van der Waals surface area contributed by atoms with Crippen molar-refractivity contribution >= 4 is 15.7 Å². The molecule has 1 atom stereocenters. The predicted octanol–water partition coefficient (Wildman–Crippen LogP) is 0.835. The number of dihydropyridines is 1. The Labute approximate surface area is 188 Å². The maximum atomic E-state index is 12.0. The monoisotopic (exact) mass is 463 g/mol. The minimum absolute atomic E-state index is 0.0975. The molecule has 174 valence electrons. The van der Waals surface area contributed by atoms with Gasteiger partial charge in [-0.1, -0.05) is 24.3 Å². The van der Waals surface area contributed by atoms with Crippen molar-refractivity contribution in [2.45, 2.75) is 18.1 Å². The van der Waals surface area contributed by atoms with Crippen LogP contribution >= 0.6 is 0 Å². The first-order chi connectivity index (χ1) is 15.3. The van der Waals surface area contributed by atoms with Crippen LogP contribution in [0, 0.1) is 0 Å². The molecular formula is C22H29N3O6S. The van der Waals surface area contributed by atoms with Gasteiger partial charge < -0.3 is 24.9 Å². The van der Waals surface area contributed by atoms with Gasteiger partial charge in [0.25, 0.3) is 5.91 Å². The Hall–Kier alpha value is -2.66. The van der Waals surface area contributed by atoms with Crippen molar-refractivity contribution in [3.8, 4) is 0 Å². The van der Waals surface area contributed by atoms with Gasteiger partial charge in [0, 0.05) is 38.5 Å². The molecule has 1 aromatic rings. The van der Waals surface area contributed by atoms with Gasteiger partial charge in [-0.25, -0.2) is 8.42 Å². The fraction of sp³-hybridized carbons (Fsp3) is 0.409. The topological polar surface area (TPSA) is 121 Å². The van der Waals surface area contributed by atoms with Gasteiger partial charge >= 0.3 is 0 Å². The van der Waals surface area contributed by atoms with Crippen molar-refractivity contribution in [1.82, 2.24) is 15.5 Å². The van der Waals surface area contributed by atoms with Crippen molar-refractivity contribution in [3.63, 3.8) is 0 Å². The average Bonchev–Trinajstić information content (AvgIpc) is 3.23. The third-order valence-electron chi connectivity index (χ3n) is 4.79. The van der Waals surface area contributed by atoms with Crippen LogP contribution in [0.2, 0.25) is 0 Å². The zero-order chi connectivity index (χ0) is 22.9. The molecule has 3 heterocycles. The van der Waals surface area contributed by atoms with Crippen LogP contribution in [0.4, 0.5) is 0 Å². The summed E-state index contributed by atoms with van der Waals surface area (Å²) in [5.41, 5.74) is 0.952.